The van der Waals surface area contributed by atoms with Crippen LogP contribution in [0.5, 0.6) is 23.0 Å². The highest BCUT2D eigenvalue weighted by Crippen LogP contribution is 2.38. The van der Waals surface area contributed by atoms with Gasteiger partial charge in [-0.15, -0.1) is 0 Å². The Morgan fingerprint density at radius 2 is 1.90 bits per heavy atom. The smallest absolute Gasteiger partial charge is 0.282 e. The molecule has 3 aromatic carbocycles. The Balaban J connectivity index is 1.32. The first-order valence-corrected chi connectivity index (χ1v) is 14.9. The lowest BCUT2D eigenvalue weighted by molar-refractivity contribution is 0.174. The zero-order valence-electron chi connectivity index (χ0n) is 22.6. The molecule has 0 bridgehead atoms. The third-order valence-electron chi connectivity index (χ3n) is 7.28. The molecule has 0 unspecified atom stereocenters. The van der Waals surface area contributed by atoms with E-state index < -0.39 is 0 Å². The zero-order valence-corrected chi connectivity index (χ0v) is 24.9. The maximum absolute atomic E-state index is 13.6. The molecule has 1 saturated carbocycles. The van der Waals surface area contributed by atoms with Crippen LogP contribution in [0.1, 0.15) is 61.9 Å². The molecule has 6 rings (SSSR count). The molecule has 1 aromatic heterocycles. The van der Waals surface area contributed by atoms with Crippen LogP contribution < -0.4 is 24.5 Å². The molecule has 0 radical (unpaired) electrons. The molecular formula is C31H29BrClN3O5. The van der Waals surface area contributed by atoms with Crippen molar-refractivity contribution < 1.29 is 18.9 Å². The van der Waals surface area contributed by atoms with Gasteiger partial charge in [-0.3, -0.25) is 4.79 Å². The predicted molar refractivity (Wildman–Crippen MR) is 162 cm³/mol. The Kier molecular flexibility index (Phi) is 8.16. The molecule has 0 amide bonds. The van der Waals surface area contributed by atoms with Gasteiger partial charge >= 0.3 is 0 Å². The summed E-state index contributed by atoms with van der Waals surface area (Å²) in [5.74, 6) is 3.19. The molecule has 8 nitrogen and oxygen atoms in total. The summed E-state index contributed by atoms with van der Waals surface area (Å²) in [6, 6.07) is 14.8. The number of nitrogens with zero attached hydrogens (tertiary/aromatic N) is 3. The minimum atomic E-state index is -0.201. The highest BCUT2D eigenvalue weighted by Gasteiger charge is 2.23. The zero-order chi connectivity index (χ0) is 28.3. The van der Waals surface area contributed by atoms with Crippen molar-refractivity contribution in [2.24, 2.45) is 5.10 Å². The summed E-state index contributed by atoms with van der Waals surface area (Å²) in [4.78, 5) is 18.6. The Bertz CT molecular complexity index is 1680. The second-order valence-electron chi connectivity index (χ2n) is 10.1. The van der Waals surface area contributed by atoms with Crippen LogP contribution in [0.15, 0.2) is 62.9 Å². The van der Waals surface area contributed by atoms with Gasteiger partial charge in [0.25, 0.3) is 5.56 Å². The summed E-state index contributed by atoms with van der Waals surface area (Å²) in [6.07, 6.45) is 7.02. The Morgan fingerprint density at radius 1 is 1.07 bits per heavy atom. The van der Waals surface area contributed by atoms with Crippen LogP contribution in [0.25, 0.3) is 10.9 Å². The fourth-order valence-electron chi connectivity index (χ4n) is 5.28. The van der Waals surface area contributed by atoms with E-state index in [2.05, 4.69) is 21.0 Å². The SMILES string of the molecule is CCOc1cc(C=Nn2c(C3CCCCC3)nc3ccc(Br)cc3c2=O)cc(Cl)c1OCc1ccc2c(c1)OCO2. The normalized spacial score (nSPS) is 15.1. The number of benzene rings is 3. The van der Waals surface area contributed by atoms with E-state index in [0.29, 0.717) is 56.9 Å². The number of hydrogen-bond donors (Lipinski definition) is 0. The lowest BCUT2D eigenvalue weighted by Gasteiger charge is -2.22. The van der Waals surface area contributed by atoms with Crippen molar-refractivity contribution >= 4 is 44.6 Å². The van der Waals surface area contributed by atoms with Gasteiger partial charge in [-0.2, -0.15) is 9.78 Å². The molecular weight excluding hydrogens is 610 g/mol. The monoisotopic (exact) mass is 637 g/mol. The standard InChI is InChI=1S/C31H29BrClN3O5/c1-2-38-28-14-20(12-24(33)29(28)39-17-19-8-11-26-27(13-19)41-18-40-26)16-34-36-30(21-6-4-3-5-7-21)35-25-10-9-22(32)15-23(25)31(36)37/h8-16,21H,2-7,17-18H2,1H3. The van der Waals surface area contributed by atoms with Crippen LogP contribution in [0.2, 0.25) is 5.02 Å². The number of ether oxygens (including phenoxy) is 4. The Morgan fingerprint density at radius 3 is 2.73 bits per heavy atom. The molecule has 1 fully saturated rings. The van der Waals surface area contributed by atoms with Crippen molar-refractivity contribution in [2.45, 2.75) is 51.6 Å². The maximum Gasteiger partial charge on any atom is 0.282 e. The Labute approximate surface area is 251 Å². The molecule has 41 heavy (non-hydrogen) atoms. The van der Waals surface area contributed by atoms with E-state index in [-0.39, 0.29) is 24.9 Å². The van der Waals surface area contributed by atoms with E-state index in [4.69, 9.17) is 35.5 Å². The molecule has 4 aromatic rings. The van der Waals surface area contributed by atoms with Gasteiger partial charge in [0.2, 0.25) is 6.79 Å². The van der Waals surface area contributed by atoms with E-state index >= 15 is 0 Å². The largest absolute Gasteiger partial charge is 0.490 e. The van der Waals surface area contributed by atoms with Crippen molar-refractivity contribution in [1.29, 1.82) is 0 Å². The fraction of sp³-hybridized carbons (Fsp3) is 0.323. The number of hydrogen-bond acceptors (Lipinski definition) is 7. The van der Waals surface area contributed by atoms with Crippen molar-refractivity contribution in [3.05, 3.63) is 85.3 Å². The van der Waals surface area contributed by atoms with Crippen LogP contribution in [-0.2, 0) is 6.61 Å². The first kappa shape index (κ1) is 27.6. The van der Waals surface area contributed by atoms with E-state index in [9.17, 15) is 4.79 Å². The first-order chi connectivity index (χ1) is 20.0. The second kappa shape index (κ2) is 12.1. The molecule has 10 heteroatoms. The van der Waals surface area contributed by atoms with Crippen molar-refractivity contribution in [2.75, 3.05) is 13.4 Å². The van der Waals surface area contributed by atoms with Gasteiger partial charge in [-0.05, 0) is 73.4 Å². The van der Waals surface area contributed by atoms with Gasteiger partial charge in [0.05, 0.1) is 28.7 Å². The lowest BCUT2D eigenvalue weighted by Crippen LogP contribution is -2.25. The van der Waals surface area contributed by atoms with Crippen LogP contribution in [0, 0.1) is 0 Å². The average molecular weight is 639 g/mol. The van der Waals surface area contributed by atoms with E-state index in [0.717, 1.165) is 35.7 Å². The Hall–Kier alpha value is -3.56. The van der Waals surface area contributed by atoms with Crippen molar-refractivity contribution in [1.82, 2.24) is 9.66 Å². The quantitative estimate of drug-likeness (QED) is 0.187. The molecule has 0 spiro atoms. The van der Waals surface area contributed by atoms with E-state index in [1.807, 2.05) is 43.3 Å². The van der Waals surface area contributed by atoms with Gasteiger partial charge in [0.15, 0.2) is 23.0 Å². The average Bonchev–Trinajstić information content (AvgIpc) is 3.45. The number of halogens is 2. The highest BCUT2D eigenvalue weighted by molar-refractivity contribution is 9.10. The molecule has 0 atom stereocenters. The minimum absolute atomic E-state index is 0.177. The van der Waals surface area contributed by atoms with Crippen LogP contribution in [0.3, 0.4) is 0 Å². The summed E-state index contributed by atoms with van der Waals surface area (Å²) in [5.41, 5.74) is 2.05. The summed E-state index contributed by atoms with van der Waals surface area (Å²) in [6.45, 7) is 2.80. The van der Waals surface area contributed by atoms with Crippen molar-refractivity contribution in [3.8, 4) is 23.0 Å². The van der Waals surface area contributed by atoms with Gasteiger partial charge in [0.1, 0.15) is 12.4 Å². The minimum Gasteiger partial charge on any atom is -0.490 e. The van der Waals surface area contributed by atoms with Crippen LogP contribution in [0.4, 0.5) is 0 Å². The fourth-order valence-corrected chi connectivity index (χ4v) is 5.91. The molecule has 0 saturated heterocycles. The van der Waals surface area contributed by atoms with Crippen LogP contribution >= 0.6 is 27.5 Å². The third kappa shape index (κ3) is 5.92. The maximum atomic E-state index is 13.6. The van der Waals surface area contributed by atoms with Gasteiger partial charge in [0, 0.05) is 10.4 Å². The summed E-state index contributed by atoms with van der Waals surface area (Å²) >= 11 is 10.2. The molecule has 1 aliphatic heterocycles. The van der Waals surface area contributed by atoms with Crippen molar-refractivity contribution in [3.63, 3.8) is 0 Å². The first-order valence-electron chi connectivity index (χ1n) is 13.7. The summed E-state index contributed by atoms with van der Waals surface area (Å²) in [7, 11) is 0. The summed E-state index contributed by atoms with van der Waals surface area (Å²) < 4.78 is 25.1. The van der Waals surface area contributed by atoms with E-state index in [1.54, 1.807) is 18.3 Å². The van der Waals surface area contributed by atoms with E-state index in [1.165, 1.54) is 11.1 Å². The molecule has 0 N–H and O–H groups in total. The third-order valence-corrected chi connectivity index (χ3v) is 8.05. The van der Waals surface area contributed by atoms with Gasteiger partial charge < -0.3 is 18.9 Å². The molecule has 2 aliphatic rings. The second-order valence-corrected chi connectivity index (χ2v) is 11.4. The molecule has 212 valence electrons. The van der Waals surface area contributed by atoms with Gasteiger partial charge in [-0.1, -0.05) is 52.9 Å². The predicted octanol–water partition coefficient (Wildman–Crippen LogP) is 7.45. The molecule has 1 aliphatic carbocycles. The number of rotatable bonds is 8. The summed E-state index contributed by atoms with van der Waals surface area (Å²) in [5, 5.41) is 5.53. The van der Waals surface area contributed by atoms with Crippen LogP contribution in [-0.4, -0.2) is 29.3 Å². The topological polar surface area (TPSA) is 84.2 Å². The van der Waals surface area contributed by atoms with Gasteiger partial charge in [-0.25, -0.2) is 4.98 Å². The lowest BCUT2D eigenvalue weighted by atomic mass is 9.88. The number of fused-ring (bicyclic) bond motifs is 2. The number of aromatic nitrogens is 2. The highest BCUT2D eigenvalue weighted by atomic mass is 79.9. The molecule has 2 heterocycles.